The number of nitrogens with one attached hydrogen (secondary N) is 2. The van der Waals surface area contributed by atoms with Crippen LogP contribution in [0.15, 0.2) is 18.2 Å². The van der Waals surface area contributed by atoms with Gasteiger partial charge in [0.25, 0.3) is 0 Å². The summed E-state index contributed by atoms with van der Waals surface area (Å²) in [6, 6.07) is 4.81. The zero-order valence-corrected chi connectivity index (χ0v) is 20.2. The number of rotatable bonds is 8. The Morgan fingerprint density at radius 1 is 1.26 bits per heavy atom. The summed E-state index contributed by atoms with van der Waals surface area (Å²) >= 11 is 0. The van der Waals surface area contributed by atoms with E-state index in [0.29, 0.717) is 19.5 Å². The van der Waals surface area contributed by atoms with Crippen LogP contribution >= 0.6 is 0 Å². The average molecular weight is 458 g/mol. The second-order valence-electron chi connectivity index (χ2n) is 9.48. The van der Waals surface area contributed by atoms with Crippen LogP contribution in [0.1, 0.15) is 54.4 Å². The van der Waals surface area contributed by atoms with Crippen molar-refractivity contribution in [3.8, 4) is 0 Å². The number of ether oxygens (including phenoxy) is 1. The van der Waals surface area contributed by atoms with Crippen molar-refractivity contribution in [3.05, 3.63) is 24.0 Å². The zero-order valence-electron chi connectivity index (χ0n) is 19.4. The Kier molecular flexibility index (Phi) is 8.47. The summed E-state index contributed by atoms with van der Waals surface area (Å²) in [5.74, 6) is -0.810. The fourth-order valence-corrected chi connectivity index (χ4v) is 4.29. The van der Waals surface area contributed by atoms with E-state index < -0.39 is 20.6 Å². The van der Waals surface area contributed by atoms with E-state index in [4.69, 9.17) is 4.74 Å². The first kappa shape index (κ1) is 25.5. The summed E-state index contributed by atoms with van der Waals surface area (Å²) in [5, 5.41) is 2.61. The molecule has 2 N–H and O–H groups in total. The predicted molar refractivity (Wildman–Crippen MR) is 122 cm³/mol. The van der Waals surface area contributed by atoms with E-state index in [2.05, 4.69) is 14.9 Å². The van der Waals surface area contributed by atoms with E-state index >= 15 is 0 Å². The third-order valence-corrected chi connectivity index (χ3v) is 7.46. The quantitative estimate of drug-likeness (QED) is 0.624. The van der Waals surface area contributed by atoms with Crippen LogP contribution in [0.2, 0.25) is 0 Å². The minimum Gasteiger partial charge on any atom is -0.372 e. The van der Waals surface area contributed by atoms with Gasteiger partial charge in [-0.05, 0) is 65.2 Å². The minimum absolute atomic E-state index is 0.0274. The highest BCUT2D eigenvalue weighted by Crippen LogP contribution is 2.25. The molecule has 7 nitrogen and oxygen atoms in total. The number of hydrogen-bond acceptors (Lipinski definition) is 5. The fraction of sp³-hybridized carbons (Fsp3) is 0.682. The van der Waals surface area contributed by atoms with E-state index in [1.165, 1.54) is 6.07 Å². The third kappa shape index (κ3) is 7.43. The van der Waals surface area contributed by atoms with Crippen LogP contribution < -0.4 is 14.9 Å². The van der Waals surface area contributed by atoms with Gasteiger partial charge in [-0.2, -0.15) is 0 Å². The van der Waals surface area contributed by atoms with Gasteiger partial charge in [0, 0.05) is 31.7 Å². The Morgan fingerprint density at radius 2 is 1.87 bits per heavy atom. The zero-order chi connectivity index (χ0) is 23.4. The highest BCUT2D eigenvalue weighted by molar-refractivity contribution is 7.90. The molecule has 176 valence electrons. The van der Waals surface area contributed by atoms with Crippen molar-refractivity contribution in [1.29, 1.82) is 0 Å². The van der Waals surface area contributed by atoms with Crippen molar-refractivity contribution < 1.29 is 22.3 Å². The van der Waals surface area contributed by atoms with Crippen LogP contribution in [-0.4, -0.2) is 50.9 Å². The largest absolute Gasteiger partial charge is 0.372 e. The predicted octanol–water partition coefficient (Wildman–Crippen LogP) is 3.51. The Hall–Kier alpha value is -1.71. The lowest BCUT2D eigenvalue weighted by atomic mass is 10.1. The Bertz CT molecular complexity index is 860. The van der Waals surface area contributed by atoms with Crippen molar-refractivity contribution in [1.82, 2.24) is 4.72 Å². The number of anilines is 2. The Labute approximate surface area is 185 Å². The molecule has 1 aliphatic heterocycles. The number of carbonyl (C=O) groups is 1. The number of carbonyl (C=O) groups excluding carboxylic acids is 1. The molecule has 31 heavy (non-hydrogen) atoms. The molecule has 1 amide bonds. The molecule has 0 radical (unpaired) electrons. The second-order valence-corrected chi connectivity index (χ2v) is 12.0. The molecular weight excluding hydrogens is 421 g/mol. The maximum absolute atomic E-state index is 14.6. The number of sulfonamides is 1. The highest BCUT2D eigenvalue weighted by Gasteiger charge is 2.29. The van der Waals surface area contributed by atoms with Crippen molar-refractivity contribution in [3.63, 3.8) is 0 Å². The fourth-order valence-electron chi connectivity index (χ4n) is 3.35. The van der Waals surface area contributed by atoms with Gasteiger partial charge < -0.3 is 15.0 Å². The maximum atomic E-state index is 14.6. The van der Waals surface area contributed by atoms with Gasteiger partial charge in [0.2, 0.25) is 15.9 Å². The molecular formula is C22H36FN3O4S. The molecule has 1 heterocycles. The lowest BCUT2D eigenvalue weighted by Gasteiger charge is -2.37. The second kappa shape index (κ2) is 10.3. The van der Waals surface area contributed by atoms with Gasteiger partial charge in [-0.3, -0.25) is 4.79 Å². The van der Waals surface area contributed by atoms with Crippen molar-refractivity contribution in [2.75, 3.05) is 29.9 Å². The summed E-state index contributed by atoms with van der Waals surface area (Å²) in [5.41, 5.74) is 0.904. The van der Waals surface area contributed by atoms with Crippen molar-refractivity contribution in [2.24, 2.45) is 5.92 Å². The molecule has 1 fully saturated rings. The van der Waals surface area contributed by atoms with Gasteiger partial charge in [-0.25, -0.2) is 17.5 Å². The Morgan fingerprint density at radius 3 is 2.42 bits per heavy atom. The lowest BCUT2D eigenvalue weighted by molar-refractivity contribution is -0.116. The number of nitrogens with zero attached hydrogens (tertiary/aromatic N) is 1. The van der Waals surface area contributed by atoms with E-state index in [1.807, 2.05) is 20.8 Å². The first-order valence-corrected chi connectivity index (χ1v) is 12.3. The molecule has 0 saturated carbocycles. The molecule has 0 bridgehead atoms. The minimum atomic E-state index is -3.42. The molecule has 2 rings (SSSR count). The van der Waals surface area contributed by atoms with Crippen LogP contribution in [0.3, 0.4) is 0 Å². The average Bonchev–Trinajstić information content (AvgIpc) is 2.64. The van der Waals surface area contributed by atoms with E-state index in [9.17, 15) is 17.6 Å². The number of hydrogen-bond donors (Lipinski definition) is 2. The summed E-state index contributed by atoms with van der Waals surface area (Å²) in [6.45, 7) is 12.4. The van der Waals surface area contributed by atoms with E-state index in [0.717, 1.165) is 5.69 Å². The van der Waals surface area contributed by atoms with Crippen LogP contribution in [0.25, 0.3) is 0 Å². The van der Waals surface area contributed by atoms with E-state index in [-0.39, 0.29) is 42.7 Å². The Balaban J connectivity index is 1.85. The van der Waals surface area contributed by atoms with Gasteiger partial charge in [0.1, 0.15) is 5.82 Å². The smallest absolute Gasteiger partial charge is 0.224 e. The standard InChI is InChI=1S/C22H36FN3O4S/c1-15(12-24-31(28,29)22(4,5)6)7-10-21(27)25-20-9-8-18(11-19(20)23)26-13-16(2)30-17(3)14-26/h8-9,11,15-17,24H,7,10,12-14H2,1-6H3,(H,25,27). The summed E-state index contributed by atoms with van der Waals surface area (Å²) in [6.07, 6.45) is 0.807. The van der Waals surface area contributed by atoms with E-state index in [1.54, 1.807) is 32.9 Å². The van der Waals surface area contributed by atoms with Gasteiger partial charge in [-0.1, -0.05) is 6.92 Å². The van der Waals surface area contributed by atoms with Crippen LogP contribution in [-0.2, 0) is 19.6 Å². The summed E-state index contributed by atoms with van der Waals surface area (Å²) in [4.78, 5) is 14.3. The molecule has 0 aliphatic carbocycles. The third-order valence-electron chi connectivity index (χ3n) is 5.30. The first-order chi connectivity index (χ1) is 14.3. The molecule has 1 saturated heterocycles. The SMILES string of the molecule is CC(CCC(=O)Nc1ccc(N2CC(C)OC(C)C2)cc1F)CNS(=O)(=O)C(C)(C)C. The molecule has 9 heteroatoms. The highest BCUT2D eigenvalue weighted by atomic mass is 32.2. The van der Waals surface area contributed by atoms with Crippen molar-refractivity contribution in [2.45, 2.75) is 71.3 Å². The molecule has 3 atom stereocenters. The van der Waals surface area contributed by atoms with Gasteiger partial charge >= 0.3 is 0 Å². The lowest BCUT2D eigenvalue weighted by Crippen LogP contribution is -2.45. The van der Waals surface area contributed by atoms with Gasteiger partial charge in [0.15, 0.2) is 0 Å². The van der Waals surface area contributed by atoms with Gasteiger partial charge in [-0.15, -0.1) is 0 Å². The number of amides is 1. The first-order valence-electron chi connectivity index (χ1n) is 10.8. The molecule has 1 aromatic carbocycles. The maximum Gasteiger partial charge on any atom is 0.224 e. The molecule has 0 spiro atoms. The summed E-state index contributed by atoms with van der Waals surface area (Å²) < 4.78 is 46.2. The topological polar surface area (TPSA) is 87.7 Å². The molecule has 1 aromatic rings. The van der Waals surface area contributed by atoms with Crippen LogP contribution in [0.5, 0.6) is 0 Å². The number of benzene rings is 1. The van der Waals surface area contributed by atoms with Gasteiger partial charge in [0.05, 0.1) is 22.6 Å². The van der Waals surface area contributed by atoms with Crippen LogP contribution in [0.4, 0.5) is 15.8 Å². The molecule has 0 aromatic heterocycles. The summed E-state index contributed by atoms with van der Waals surface area (Å²) in [7, 11) is -3.42. The van der Waals surface area contributed by atoms with Crippen LogP contribution in [0, 0.1) is 11.7 Å². The normalized spacial score (nSPS) is 21.1. The molecule has 3 unspecified atom stereocenters. The van der Waals surface area contributed by atoms with Crippen molar-refractivity contribution >= 4 is 27.3 Å². The number of morpholine rings is 1. The molecule has 1 aliphatic rings. The monoisotopic (exact) mass is 457 g/mol. The number of halogens is 1.